The van der Waals surface area contributed by atoms with Gasteiger partial charge in [-0.05, 0) is 57.2 Å². The summed E-state index contributed by atoms with van der Waals surface area (Å²) in [6.45, 7) is 9.47. The average Bonchev–Trinajstić information content (AvgIpc) is 2.90. The Labute approximate surface area is 143 Å². The minimum absolute atomic E-state index is 0.186. The van der Waals surface area contributed by atoms with Gasteiger partial charge in [0.2, 0.25) is 0 Å². The van der Waals surface area contributed by atoms with Gasteiger partial charge in [0, 0.05) is 30.2 Å². The first-order valence-electron chi connectivity index (χ1n) is 8.24. The number of piperidine rings is 1. The molecule has 0 radical (unpaired) electrons. The summed E-state index contributed by atoms with van der Waals surface area (Å²) >= 11 is 5.93. The molecule has 1 N–H and O–H groups in total. The van der Waals surface area contributed by atoms with Crippen LogP contribution in [-0.4, -0.2) is 35.7 Å². The van der Waals surface area contributed by atoms with E-state index in [0.717, 1.165) is 18.1 Å². The highest BCUT2D eigenvalue weighted by molar-refractivity contribution is 6.30. The van der Waals surface area contributed by atoms with Gasteiger partial charge in [-0.1, -0.05) is 23.7 Å². The Bertz CT molecular complexity index is 570. The molecule has 3 unspecified atom stereocenters. The fourth-order valence-electron chi connectivity index (χ4n) is 3.39. The number of hydrogen-bond acceptors (Lipinski definition) is 3. The van der Waals surface area contributed by atoms with E-state index in [0.29, 0.717) is 17.9 Å². The molecule has 23 heavy (non-hydrogen) atoms. The summed E-state index contributed by atoms with van der Waals surface area (Å²) in [6, 6.07) is 8.76. The molecule has 2 fully saturated rings. The van der Waals surface area contributed by atoms with E-state index in [1.165, 1.54) is 5.56 Å². The summed E-state index contributed by atoms with van der Waals surface area (Å²) in [5.41, 5.74) is 0.813. The van der Waals surface area contributed by atoms with Gasteiger partial charge in [0.1, 0.15) is 5.60 Å². The molecule has 3 atom stereocenters. The molecule has 1 amide bonds. The third-order valence-corrected chi connectivity index (χ3v) is 4.91. The predicted octanol–water partition coefficient (Wildman–Crippen LogP) is 3.86. The molecule has 3 rings (SSSR count). The van der Waals surface area contributed by atoms with Gasteiger partial charge in [0.05, 0.1) is 0 Å². The van der Waals surface area contributed by atoms with Crippen molar-refractivity contribution < 1.29 is 9.53 Å². The van der Waals surface area contributed by atoms with Gasteiger partial charge in [-0.15, -0.1) is 0 Å². The molecule has 4 nitrogen and oxygen atoms in total. The summed E-state index contributed by atoms with van der Waals surface area (Å²) in [5, 5.41) is 4.44. The molecule has 1 aromatic rings. The Morgan fingerprint density at radius 2 is 1.83 bits per heavy atom. The number of carbonyl (C=O) groups is 1. The maximum Gasteiger partial charge on any atom is 0.410 e. The lowest BCUT2D eigenvalue weighted by Gasteiger charge is -2.26. The van der Waals surface area contributed by atoms with Gasteiger partial charge in [-0.3, -0.25) is 0 Å². The summed E-state index contributed by atoms with van der Waals surface area (Å²) < 4.78 is 5.44. The number of rotatable bonds is 3. The smallest absolute Gasteiger partial charge is 0.410 e. The molecule has 0 bridgehead atoms. The lowest BCUT2D eigenvalue weighted by molar-refractivity contribution is 0.0269. The number of hydrogen-bond donors (Lipinski definition) is 1. The second-order valence-corrected chi connectivity index (χ2v) is 8.12. The average molecular weight is 337 g/mol. The third-order valence-electron chi connectivity index (χ3n) is 4.66. The van der Waals surface area contributed by atoms with Crippen molar-refractivity contribution in [3.8, 4) is 0 Å². The fraction of sp³-hybridized carbons (Fsp3) is 0.611. The fourth-order valence-corrected chi connectivity index (χ4v) is 3.51. The zero-order valence-corrected chi connectivity index (χ0v) is 14.9. The van der Waals surface area contributed by atoms with Gasteiger partial charge in [-0.25, -0.2) is 4.79 Å². The Hall–Kier alpha value is -1.26. The van der Waals surface area contributed by atoms with Gasteiger partial charge in [-0.2, -0.15) is 0 Å². The number of nitrogens with one attached hydrogen (secondary N) is 1. The van der Waals surface area contributed by atoms with Crippen LogP contribution < -0.4 is 5.32 Å². The van der Waals surface area contributed by atoms with Gasteiger partial charge >= 0.3 is 6.09 Å². The SMILES string of the molecule is CC(NC1C2CN(C(=O)OC(C)(C)C)CC21)c1ccc(Cl)cc1. The van der Waals surface area contributed by atoms with Crippen molar-refractivity contribution in [2.75, 3.05) is 13.1 Å². The second kappa shape index (κ2) is 5.99. The number of halogens is 1. The third kappa shape index (κ3) is 3.81. The lowest BCUT2D eigenvalue weighted by atomic mass is 10.1. The van der Waals surface area contributed by atoms with E-state index < -0.39 is 5.60 Å². The van der Waals surface area contributed by atoms with Crippen LogP contribution >= 0.6 is 11.6 Å². The number of nitrogens with zero attached hydrogens (tertiary/aromatic N) is 1. The maximum atomic E-state index is 12.1. The highest BCUT2D eigenvalue weighted by Crippen LogP contribution is 2.46. The van der Waals surface area contributed by atoms with Gasteiger partial charge < -0.3 is 15.0 Å². The van der Waals surface area contributed by atoms with Gasteiger partial charge in [0.25, 0.3) is 0 Å². The maximum absolute atomic E-state index is 12.1. The van der Waals surface area contributed by atoms with E-state index in [-0.39, 0.29) is 12.1 Å². The molecule has 126 valence electrons. The minimum Gasteiger partial charge on any atom is -0.444 e. The van der Waals surface area contributed by atoms with Crippen LogP contribution in [0.5, 0.6) is 0 Å². The molecule has 5 heteroatoms. The van der Waals surface area contributed by atoms with Crippen molar-refractivity contribution in [2.24, 2.45) is 11.8 Å². The summed E-state index contributed by atoms with van der Waals surface area (Å²) in [5.74, 6) is 1.11. The van der Waals surface area contributed by atoms with Crippen LogP contribution in [0.3, 0.4) is 0 Å². The zero-order chi connectivity index (χ0) is 16.8. The number of benzene rings is 1. The van der Waals surface area contributed by atoms with Crippen molar-refractivity contribution in [1.82, 2.24) is 10.2 Å². The van der Waals surface area contributed by atoms with Crippen molar-refractivity contribution >= 4 is 17.7 Å². The van der Waals surface area contributed by atoms with E-state index >= 15 is 0 Å². The molecule has 1 saturated heterocycles. The second-order valence-electron chi connectivity index (χ2n) is 7.68. The van der Waals surface area contributed by atoms with Crippen LogP contribution in [0.4, 0.5) is 4.79 Å². The Balaban J connectivity index is 1.48. The Kier molecular flexibility index (Phi) is 4.32. The highest BCUT2D eigenvalue weighted by atomic mass is 35.5. The number of amides is 1. The topological polar surface area (TPSA) is 41.6 Å². The number of ether oxygens (including phenoxy) is 1. The quantitative estimate of drug-likeness (QED) is 0.911. The van der Waals surface area contributed by atoms with Crippen LogP contribution in [0.25, 0.3) is 0 Å². The van der Waals surface area contributed by atoms with Crippen molar-refractivity contribution in [3.05, 3.63) is 34.9 Å². The van der Waals surface area contributed by atoms with E-state index in [2.05, 4.69) is 24.4 Å². The first kappa shape index (κ1) is 16.6. The van der Waals surface area contributed by atoms with Crippen LogP contribution in [0, 0.1) is 11.8 Å². The summed E-state index contributed by atoms with van der Waals surface area (Å²) in [4.78, 5) is 13.9. The number of fused-ring (bicyclic) bond motifs is 1. The largest absolute Gasteiger partial charge is 0.444 e. The molecule has 1 heterocycles. The van der Waals surface area contributed by atoms with Crippen LogP contribution in [-0.2, 0) is 4.74 Å². The normalized spacial score (nSPS) is 27.5. The van der Waals surface area contributed by atoms with Crippen LogP contribution in [0.2, 0.25) is 5.02 Å². The molecule has 1 aliphatic carbocycles. The molecule has 1 saturated carbocycles. The molecule has 1 aliphatic heterocycles. The molecule has 0 spiro atoms. The molecule has 0 aromatic heterocycles. The van der Waals surface area contributed by atoms with E-state index in [9.17, 15) is 4.79 Å². The number of likely N-dealkylation sites (tertiary alicyclic amines) is 1. The van der Waals surface area contributed by atoms with E-state index in [4.69, 9.17) is 16.3 Å². The summed E-state index contributed by atoms with van der Waals surface area (Å²) in [7, 11) is 0. The summed E-state index contributed by atoms with van der Waals surface area (Å²) in [6.07, 6.45) is -0.186. The molecular formula is C18H25ClN2O2. The lowest BCUT2D eigenvalue weighted by Crippen LogP contribution is -2.39. The highest BCUT2D eigenvalue weighted by Gasteiger charge is 2.57. The van der Waals surface area contributed by atoms with Crippen molar-refractivity contribution in [3.63, 3.8) is 0 Å². The van der Waals surface area contributed by atoms with Crippen molar-refractivity contribution in [1.29, 1.82) is 0 Å². The zero-order valence-electron chi connectivity index (χ0n) is 14.2. The van der Waals surface area contributed by atoms with Crippen LogP contribution in [0.1, 0.15) is 39.3 Å². The monoisotopic (exact) mass is 336 g/mol. The Morgan fingerprint density at radius 1 is 1.26 bits per heavy atom. The Morgan fingerprint density at radius 3 is 2.35 bits per heavy atom. The predicted molar refractivity (Wildman–Crippen MR) is 91.6 cm³/mol. The standard InChI is InChI=1S/C18H25ClN2O2/c1-11(12-5-7-13(19)8-6-12)20-16-14-9-21(10-15(14)16)17(22)23-18(2,3)4/h5-8,11,14-16,20H,9-10H2,1-4H3. The van der Waals surface area contributed by atoms with E-state index in [1.807, 2.05) is 37.8 Å². The number of carbonyl (C=O) groups excluding carboxylic acids is 1. The van der Waals surface area contributed by atoms with Crippen molar-refractivity contribution in [2.45, 2.75) is 45.4 Å². The first-order valence-corrected chi connectivity index (χ1v) is 8.62. The van der Waals surface area contributed by atoms with Gasteiger partial charge in [0.15, 0.2) is 0 Å². The van der Waals surface area contributed by atoms with E-state index in [1.54, 1.807) is 0 Å². The minimum atomic E-state index is -0.426. The first-order chi connectivity index (χ1) is 10.7. The molecule has 1 aromatic carbocycles. The molecule has 2 aliphatic rings. The molecular weight excluding hydrogens is 312 g/mol. The van der Waals surface area contributed by atoms with Crippen LogP contribution in [0.15, 0.2) is 24.3 Å².